The molecular formula is C7H8N2O3. The van der Waals surface area contributed by atoms with Gasteiger partial charge in [0.2, 0.25) is 0 Å². The van der Waals surface area contributed by atoms with Crippen LogP contribution in [0.25, 0.3) is 0 Å². The van der Waals surface area contributed by atoms with Crippen molar-refractivity contribution < 1.29 is 9.76 Å². The standard InChI is InChI=1S/C7H8N2O3/c1-5-4-6(9(10)11)2-3-7(5)12-8/h2-4H,8H2,1H3. The van der Waals surface area contributed by atoms with Crippen LogP contribution >= 0.6 is 0 Å². The zero-order chi connectivity index (χ0) is 9.14. The van der Waals surface area contributed by atoms with Gasteiger partial charge in [0.1, 0.15) is 5.75 Å². The predicted octanol–water partition coefficient (Wildman–Crippen LogP) is 1.16. The first-order chi connectivity index (χ1) is 5.65. The summed E-state index contributed by atoms with van der Waals surface area (Å²) in [6.07, 6.45) is 0. The number of rotatable bonds is 2. The molecule has 0 amide bonds. The van der Waals surface area contributed by atoms with Crippen LogP contribution in [0.4, 0.5) is 5.69 Å². The third-order valence-electron chi connectivity index (χ3n) is 1.50. The van der Waals surface area contributed by atoms with E-state index in [0.29, 0.717) is 11.3 Å². The molecule has 0 saturated heterocycles. The maximum atomic E-state index is 10.3. The number of nitrogens with zero attached hydrogens (tertiary/aromatic N) is 1. The number of non-ortho nitro benzene ring substituents is 1. The lowest BCUT2D eigenvalue weighted by molar-refractivity contribution is -0.384. The Morgan fingerprint density at radius 2 is 2.25 bits per heavy atom. The Bertz CT molecular complexity index is 312. The van der Waals surface area contributed by atoms with E-state index in [1.807, 2.05) is 0 Å². The lowest BCUT2D eigenvalue weighted by Crippen LogP contribution is -2.03. The summed E-state index contributed by atoms with van der Waals surface area (Å²) in [6.45, 7) is 1.69. The average molecular weight is 168 g/mol. The molecule has 64 valence electrons. The second-order valence-electron chi connectivity index (χ2n) is 2.32. The molecule has 0 spiro atoms. The van der Waals surface area contributed by atoms with Crippen molar-refractivity contribution >= 4 is 5.69 Å². The molecule has 5 heteroatoms. The van der Waals surface area contributed by atoms with E-state index < -0.39 is 4.92 Å². The van der Waals surface area contributed by atoms with Crippen molar-refractivity contribution in [2.45, 2.75) is 6.92 Å². The summed E-state index contributed by atoms with van der Waals surface area (Å²) in [4.78, 5) is 14.3. The fraction of sp³-hybridized carbons (Fsp3) is 0.143. The van der Waals surface area contributed by atoms with Crippen molar-refractivity contribution in [1.82, 2.24) is 0 Å². The average Bonchev–Trinajstić information content (AvgIpc) is 2.04. The monoisotopic (exact) mass is 168 g/mol. The molecule has 0 heterocycles. The van der Waals surface area contributed by atoms with Crippen molar-refractivity contribution in [3.8, 4) is 5.75 Å². The van der Waals surface area contributed by atoms with Crippen LogP contribution in [0.5, 0.6) is 5.75 Å². The van der Waals surface area contributed by atoms with Crippen molar-refractivity contribution in [2.24, 2.45) is 5.90 Å². The van der Waals surface area contributed by atoms with Gasteiger partial charge in [-0.25, -0.2) is 0 Å². The molecule has 0 fully saturated rings. The summed E-state index contributed by atoms with van der Waals surface area (Å²) in [5.74, 6) is 5.35. The Labute approximate surface area is 68.9 Å². The summed E-state index contributed by atoms with van der Waals surface area (Å²) in [7, 11) is 0. The molecule has 1 aromatic rings. The summed E-state index contributed by atoms with van der Waals surface area (Å²) in [5.41, 5.74) is 0.681. The summed E-state index contributed by atoms with van der Waals surface area (Å²) >= 11 is 0. The molecule has 0 aliphatic rings. The highest BCUT2D eigenvalue weighted by Crippen LogP contribution is 2.21. The van der Waals surface area contributed by atoms with Gasteiger partial charge in [0.25, 0.3) is 5.69 Å². The number of hydrogen-bond acceptors (Lipinski definition) is 4. The minimum absolute atomic E-state index is 0.0355. The largest absolute Gasteiger partial charge is 0.411 e. The quantitative estimate of drug-likeness (QED) is 0.530. The minimum Gasteiger partial charge on any atom is -0.411 e. The van der Waals surface area contributed by atoms with E-state index in [0.717, 1.165) is 0 Å². The molecule has 12 heavy (non-hydrogen) atoms. The highest BCUT2D eigenvalue weighted by Gasteiger charge is 2.07. The van der Waals surface area contributed by atoms with E-state index in [-0.39, 0.29) is 5.69 Å². The molecule has 2 N–H and O–H groups in total. The van der Waals surface area contributed by atoms with Crippen molar-refractivity contribution in [1.29, 1.82) is 0 Å². The fourth-order valence-electron chi connectivity index (χ4n) is 0.879. The van der Waals surface area contributed by atoms with Gasteiger partial charge in [-0.1, -0.05) is 0 Å². The summed E-state index contributed by atoms with van der Waals surface area (Å²) in [5, 5.41) is 10.3. The Hall–Kier alpha value is -1.62. The van der Waals surface area contributed by atoms with Crippen molar-refractivity contribution in [3.05, 3.63) is 33.9 Å². The van der Waals surface area contributed by atoms with E-state index in [2.05, 4.69) is 4.84 Å². The number of nitro groups is 1. The first-order valence-corrected chi connectivity index (χ1v) is 3.27. The summed E-state index contributed by atoms with van der Waals surface area (Å²) < 4.78 is 0. The normalized spacial score (nSPS) is 9.50. The fourth-order valence-corrected chi connectivity index (χ4v) is 0.879. The van der Waals surface area contributed by atoms with E-state index in [1.54, 1.807) is 6.92 Å². The van der Waals surface area contributed by atoms with E-state index in [4.69, 9.17) is 5.90 Å². The number of benzene rings is 1. The molecule has 0 bridgehead atoms. The van der Waals surface area contributed by atoms with Crippen LogP contribution in [-0.2, 0) is 0 Å². The molecule has 0 saturated carbocycles. The highest BCUT2D eigenvalue weighted by molar-refractivity contribution is 5.42. The summed E-state index contributed by atoms with van der Waals surface area (Å²) in [6, 6.07) is 4.21. The van der Waals surface area contributed by atoms with Gasteiger partial charge in [-0.2, -0.15) is 5.90 Å². The van der Waals surface area contributed by atoms with Crippen molar-refractivity contribution in [3.63, 3.8) is 0 Å². The van der Waals surface area contributed by atoms with Crippen LogP contribution in [0, 0.1) is 17.0 Å². The Kier molecular flexibility index (Phi) is 2.25. The zero-order valence-electron chi connectivity index (χ0n) is 6.48. The topological polar surface area (TPSA) is 78.4 Å². The molecule has 0 aliphatic carbocycles. The lowest BCUT2D eigenvalue weighted by atomic mass is 10.2. The third kappa shape index (κ3) is 1.51. The Morgan fingerprint density at radius 3 is 2.67 bits per heavy atom. The van der Waals surface area contributed by atoms with E-state index in [1.165, 1.54) is 18.2 Å². The van der Waals surface area contributed by atoms with Crippen LogP contribution in [0.2, 0.25) is 0 Å². The van der Waals surface area contributed by atoms with Crippen LogP contribution in [0.1, 0.15) is 5.56 Å². The number of hydrogen-bond donors (Lipinski definition) is 1. The predicted molar refractivity (Wildman–Crippen MR) is 42.6 cm³/mol. The second kappa shape index (κ2) is 3.19. The maximum absolute atomic E-state index is 10.3. The third-order valence-corrected chi connectivity index (χ3v) is 1.50. The van der Waals surface area contributed by atoms with Gasteiger partial charge in [-0.15, -0.1) is 0 Å². The molecule has 1 rings (SSSR count). The Morgan fingerprint density at radius 1 is 1.58 bits per heavy atom. The zero-order valence-corrected chi connectivity index (χ0v) is 6.48. The molecule has 0 aromatic heterocycles. The van der Waals surface area contributed by atoms with Gasteiger partial charge >= 0.3 is 0 Å². The minimum atomic E-state index is -0.465. The molecular weight excluding hydrogens is 160 g/mol. The second-order valence-corrected chi connectivity index (χ2v) is 2.32. The first-order valence-electron chi connectivity index (χ1n) is 3.27. The van der Waals surface area contributed by atoms with Crippen LogP contribution < -0.4 is 10.7 Å². The maximum Gasteiger partial charge on any atom is 0.269 e. The van der Waals surface area contributed by atoms with Crippen molar-refractivity contribution in [2.75, 3.05) is 0 Å². The van der Waals surface area contributed by atoms with Gasteiger partial charge in [-0.05, 0) is 13.0 Å². The van der Waals surface area contributed by atoms with E-state index in [9.17, 15) is 10.1 Å². The Balaban J connectivity index is 3.10. The molecule has 0 unspecified atom stereocenters. The first kappa shape index (κ1) is 8.48. The number of nitrogens with two attached hydrogens (primary N) is 1. The highest BCUT2D eigenvalue weighted by atomic mass is 16.6. The lowest BCUT2D eigenvalue weighted by Gasteiger charge is -2.01. The van der Waals surface area contributed by atoms with Gasteiger partial charge in [0.05, 0.1) is 4.92 Å². The number of nitro benzene ring substituents is 1. The molecule has 0 aliphatic heterocycles. The number of aryl methyl sites for hydroxylation is 1. The van der Waals surface area contributed by atoms with Crippen LogP contribution in [0.15, 0.2) is 18.2 Å². The van der Waals surface area contributed by atoms with Crippen LogP contribution in [0.3, 0.4) is 0 Å². The SMILES string of the molecule is Cc1cc([N+](=O)[O-])ccc1ON. The van der Waals surface area contributed by atoms with Gasteiger partial charge < -0.3 is 4.84 Å². The molecule has 1 aromatic carbocycles. The molecule has 5 nitrogen and oxygen atoms in total. The van der Waals surface area contributed by atoms with Gasteiger partial charge in [0, 0.05) is 17.7 Å². The van der Waals surface area contributed by atoms with Gasteiger partial charge in [0.15, 0.2) is 0 Å². The molecule has 0 radical (unpaired) electrons. The van der Waals surface area contributed by atoms with E-state index >= 15 is 0 Å². The molecule has 0 atom stereocenters. The smallest absolute Gasteiger partial charge is 0.269 e. The van der Waals surface area contributed by atoms with Gasteiger partial charge in [-0.3, -0.25) is 10.1 Å². The van der Waals surface area contributed by atoms with Crippen LogP contribution in [-0.4, -0.2) is 4.92 Å².